The van der Waals surface area contributed by atoms with Crippen molar-refractivity contribution in [3.63, 3.8) is 0 Å². The number of halogens is 3. The van der Waals surface area contributed by atoms with Gasteiger partial charge in [-0.2, -0.15) is 13.2 Å². The van der Waals surface area contributed by atoms with Crippen molar-refractivity contribution in [1.82, 2.24) is 29.7 Å². The highest BCUT2D eigenvalue weighted by molar-refractivity contribution is 7.16. The zero-order valence-corrected chi connectivity index (χ0v) is 25.1. The van der Waals surface area contributed by atoms with E-state index in [1.807, 2.05) is 4.90 Å². The van der Waals surface area contributed by atoms with Gasteiger partial charge in [0.2, 0.25) is 5.88 Å². The van der Waals surface area contributed by atoms with E-state index < -0.39 is 29.5 Å². The molecule has 5 rings (SSSR count). The number of alkyl halides is 3. The SMILES string of the molecule is COc1ncc(-c2nc(NC(=O)c3cnc(N4CCN(CCC(=O)O)CC4)cn3)sc2CN2CCC[C@H]2C)cc1C(F)(F)F. The number of carboxylic acids is 1. The zero-order valence-electron chi connectivity index (χ0n) is 24.3. The van der Waals surface area contributed by atoms with Crippen LogP contribution in [0.2, 0.25) is 0 Å². The quantitative estimate of drug-likeness (QED) is 0.337. The number of hydrogen-bond acceptors (Lipinski definition) is 11. The highest BCUT2D eigenvalue weighted by Crippen LogP contribution is 2.40. The zero-order chi connectivity index (χ0) is 31.4. The number of nitrogens with zero attached hydrogens (tertiary/aromatic N) is 7. The van der Waals surface area contributed by atoms with Crippen LogP contribution in [0.15, 0.2) is 24.7 Å². The molecule has 0 unspecified atom stereocenters. The number of hydrogen-bond donors (Lipinski definition) is 2. The molecule has 1 atom stereocenters. The Labute approximate surface area is 255 Å². The van der Waals surface area contributed by atoms with E-state index in [0.717, 1.165) is 32.6 Å². The standard InChI is InChI=1S/C28H33F3N8O4S/c1-17-4-3-6-39(17)16-21-24(18-12-19(28(29,30)31)26(43-2)34-13-18)35-27(44-21)36-25(42)20-14-33-22(15-32-20)38-10-8-37(9-11-38)7-5-23(40)41/h12-15,17H,3-11,16H2,1-2H3,(H,40,41)(H,35,36,42)/t17-/m1/s1. The van der Waals surface area contributed by atoms with Crippen LogP contribution in [0.25, 0.3) is 11.3 Å². The Balaban J connectivity index is 1.32. The molecule has 44 heavy (non-hydrogen) atoms. The van der Waals surface area contributed by atoms with Crippen molar-refractivity contribution in [1.29, 1.82) is 0 Å². The second-order valence-corrected chi connectivity index (χ2v) is 11.8. The number of rotatable bonds is 10. The van der Waals surface area contributed by atoms with Crippen LogP contribution in [0.4, 0.5) is 24.1 Å². The molecule has 1 amide bonds. The first-order valence-electron chi connectivity index (χ1n) is 14.2. The van der Waals surface area contributed by atoms with E-state index in [4.69, 9.17) is 9.84 Å². The van der Waals surface area contributed by atoms with Gasteiger partial charge in [-0.3, -0.25) is 24.7 Å². The number of methoxy groups -OCH3 is 1. The number of carboxylic acid groups (broad SMARTS) is 1. The Kier molecular flexibility index (Phi) is 9.60. The molecular formula is C28H33F3N8O4S. The van der Waals surface area contributed by atoms with E-state index in [1.54, 1.807) is 0 Å². The van der Waals surface area contributed by atoms with Gasteiger partial charge in [0.1, 0.15) is 17.1 Å². The Morgan fingerprint density at radius 1 is 1.11 bits per heavy atom. The molecule has 236 valence electrons. The highest BCUT2D eigenvalue weighted by Gasteiger charge is 2.36. The van der Waals surface area contributed by atoms with Gasteiger partial charge < -0.3 is 14.7 Å². The Hall–Kier alpha value is -3.89. The van der Waals surface area contributed by atoms with Crippen molar-refractivity contribution in [2.45, 2.75) is 44.9 Å². The van der Waals surface area contributed by atoms with Crippen molar-refractivity contribution < 1.29 is 32.6 Å². The van der Waals surface area contributed by atoms with Crippen LogP contribution in [0.1, 0.15) is 47.1 Å². The minimum atomic E-state index is -4.68. The average molecular weight is 635 g/mol. The normalized spacial score (nSPS) is 18.0. The van der Waals surface area contributed by atoms with E-state index in [9.17, 15) is 22.8 Å². The Morgan fingerprint density at radius 3 is 2.50 bits per heavy atom. The fourth-order valence-corrected chi connectivity index (χ4v) is 6.32. The number of anilines is 2. The molecule has 0 radical (unpaired) electrons. The van der Waals surface area contributed by atoms with Gasteiger partial charge in [0.25, 0.3) is 5.91 Å². The fraction of sp³-hybridized carbons (Fsp3) is 0.500. The second kappa shape index (κ2) is 13.4. The topological polar surface area (TPSA) is 137 Å². The Morgan fingerprint density at radius 2 is 1.89 bits per heavy atom. The lowest BCUT2D eigenvalue weighted by molar-refractivity contribution is -0.139. The lowest BCUT2D eigenvalue weighted by atomic mass is 10.1. The average Bonchev–Trinajstić information content (AvgIpc) is 3.60. The third kappa shape index (κ3) is 7.42. The van der Waals surface area contributed by atoms with Crippen LogP contribution in [0, 0.1) is 0 Å². The molecule has 0 saturated carbocycles. The summed E-state index contributed by atoms with van der Waals surface area (Å²) in [4.78, 5) is 48.0. The highest BCUT2D eigenvalue weighted by atomic mass is 32.1. The number of carbonyl (C=O) groups excluding carboxylic acids is 1. The number of ether oxygens (including phenoxy) is 1. The van der Waals surface area contributed by atoms with Crippen LogP contribution in [-0.4, -0.2) is 99.1 Å². The summed E-state index contributed by atoms with van der Waals surface area (Å²) < 4.78 is 46.1. The van der Waals surface area contributed by atoms with Gasteiger partial charge in [0, 0.05) is 61.9 Å². The first-order valence-corrected chi connectivity index (χ1v) is 15.0. The van der Waals surface area contributed by atoms with Gasteiger partial charge in [-0.05, 0) is 32.4 Å². The summed E-state index contributed by atoms with van der Waals surface area (Å²) in [6.07, 6.45) is 1.63. The smallest absolute Gasteiger partial charge is 0.421 e. The van der Waals surface area contributed by atoms with E-state index in [-0.39, 0.29) is 22.8 Å². The van der Waals surface area contributed by atoms with Crippen LogP contribution in [0.3, 0.4) is 0 Å². The molecule has 3 aromatic heterocycles. The first kappa shape index (κ1) is 31.5. The first-order chi connectivity index (χ1) is 21.0. The molecule has 0 spiro atoms. The van der Waals surface area contributed by atoms with E-state index in [2.05, 4.69) is 42.0 Å². The summed E-state index contributed by atoms with van der Waals surface area (Å²) in [5, 5.41) is 11.8. The van der Waals surface area contributed by atoms with Crippen LogP contribution in [-0.2, 0) is 17.5 Å². The number of aliphatic carboxylic acids is 1. The van der Waals surface area contributed by atoms with Gasteiger partial charge in [0.15, 0.2) is 5.13 Å². The Bertz CT molecular complexity index is 1480. The summed E-state index contributed by atoms with van der Waals surface area (Å²) in [6.45, 7) is 6.60. The van der Waals surface area contributed by atoms with Crippen LogP contribution < -0.4 is 15.0 Å². The number of thiazole rings is 1. The monoisotopic (exact) mass is 634 g/mol. The third-order valence-electron chi connectivity index (χ3n) is 7.79. The fourth-order valence-electron chi connectivity index (χ4n) is 5.31. The van der Waals surface area contributed by atoms with E-state index >= 15 is 0 Å². The number of carbonyl (C=O) groups is 2. The number of piperazine rings is 1. The van der Waals surface area contributed by atoms with Gasteiger partial charge in [-0.15, -0.1) is 0 Å². The molecule has 2 aliphatic heterocycles. The molecule has 2 N–H and O–H groups in total. The lowest BCUT2D eigenvalue weighted by Gasteiger charge is -2.34. The van der Waals surface area contributed by atoms with Gasteiger partial charge >= 0.3 is 12.1 Å². The molecule has 2 saturated heterocycles. The van der Waals surface area contributed by atoms with E-state index in [1.165, 1.54) is 29.9 Å². The lowest BCUT2D eigenvalue weighted by Crippen LogP contribution is -2.47. The molecule has 0 bridgehead atoms. The van der Waals surface area contributed by atoms with Gasteiger partial charge in [-0.25, -0.2) is 19.9 Å². The number of aromatic nitrogens is 4. The molecule has 12 nitrogen and oxygen atoms in total. The molecule has 2 aliphatic rings. The minimum absolute atomic E-state index is 0.0609. The molecule has 0 aliphatic carbocycles. The summed E-state index contributed by atoms with van der Waals surface area (Å²) in [7, 11) is 1.13. The van der Waals surface area contributed by atoms with Gasteiger partial charge in [-0.1, -0.05) is 11.3 Å². The maximum Gasteiger partial charge on any atom is 0.421 e. The predicted octanol–water partition coefficient (Wildman–Crippen LogP) is 3.86. The van der Waals surface area contributed by atoms with Crippen molar-refractivity contribution >= 4 is 34.2 Å². The largest absolute Gasteiger partial charge is 0.481 e. The summed E-state index contributed by atoms with van der Waals surface area (Å²) >= 11 is 1.20. The molecule has 3 aromatic rings. The van der Waals surface area contributed by atoms with Crippen molar-refractivity contribution in [2.75, 3.05) is 56.6 Å². The predicted molar refractivity (Wildman–Crippen MR) is 157 cm³/mol. The number of pyridine rings is 1. The molecule has 16 heteroatoms. The number of amides is 1. The minimum Gasteiger partial charge on any atom is -0.481 e. The maximum absolute atomic E-state index is 13.8. The number of likely N-dealkylation sites (tertiary alicyclic amines) is 1. The van der Waals surface area contributed by atoms with Gasteiger partial charge in [0.05, 0.1) is 31.6 Å². The van der Waals surface area contributed by atoms with E-state index in [0.29, 0.717) is 61.7 Å². The summed E-state index contributed by atoms with van der Waals surface area (Å²) in [5.74, 6) is -1.30. The molecule has 0 aromatic carbocycles. The third-order valence-corrected chi connectivity index (χ3v) is 8.74. The number of nitrogens with one attached hydrogen (secondary N) is 1. The molecule has 2 fully saturated rings. The molecular weight excluding hydrogens is 601 g/mol. The van der Waals surface area contributed by atoms with Crippen molar-refractivity contribution in [2.24, 2.45) is 0 Å². The molecule has 5 heterocycles. The van der Waals surface area contributed by atoms with Crippen LogP contribution in [0.5, 0.6) is 5.88 Å². The van der Waals surface area contributed by atoms with Crippen molar-refractivity contribution in [3.05, 3.63) is 40.8 Å². The summed E-state index contributed by atoms with van der Waals surface area (Å²) in [6, 6.07) is 1.28. The van der Waals surface area contributed by atoms with Crippen molar-refractivity contribution in [3.8, 4) is 17.1 Å². The van der Waals surface area contributed by atoms with Crippen LogP contribution >= 0.6 is 11.3 Å². The second-order valence-electron chi connectivity index (χ2n) is 10.7. The maximum atomic E-state index is 13.8. The summed E-state index contributed by atoms with van der Waals surface area (Å²) in [5.41, 5.74) is -0.461.